The molecule has 0 radical (unpaired) electrons. The highest BCUT2D eigenvalue weighted by molar-refractivity contribution is 5.68. The van der Waals surface area contributed by atoms with Gasteiger partial charge in [-0.25, -0.2) is 4.79 Å². The van der Waals surface area contributed by atoms with Crippen LogP contribution in [0.5, 0.6) is 0 Å². The van der Waals surface area contributed by atoms with E-state index in [0.29, 0.717) is 19.1 Å². The molecule has 0 saturated heterocycles. The first-order valence-corrected chi connectivity index (χ1v) is 5.88. The third-order valence-corrected chi connectivity index (χ3v) is 2.76. The maximum Gasteiger partial charge on any atom is 0.410 e. The molecule has 0 aromatic heterocycles. The van der Waals surface area contributed by atoms with Gasteiger partial charge >= 0.3 is 6.09 Å². The van der Waals surface area contributed by atoms with Crippen molar-refractivity contribution in [2.75, 3.05) is 13.1 Å². The van der Waals surface area contributed by atoms with Crippen LogP contribution in [0.15, 0.2) is 42.5 Å². The molecular weight excluding hydrogens is 214 g/mol. The second kappa shape index (κ2) is 5.53. The SMILES string of the molecule is C[C@@H]1C=CCN(C(=O)OCc2ccccc2)C1. The van der Waals surface area contributed by atoms with Crippen molar-refractivity contribution < 1.29 is 9.53 Å². The fourth-order valence-electron chi connectivity index (χ4n) is 1.86. The molecule has 0 unspecified atom stereocenters. The number of hydrogen-bond acceptors (Lipinski definition) is 2. The molecule has 1 amide bonds. The summed E-state index contributed by atoms with van der Waals surface area (Å²) in [4.78, 5) is 13.5. The smallest absolute Gasteiger partial charge is 0.410 e. The Morgan fingerprint density at radius 3 is 2.88 bits per heavy atom. The summed E-state index contributed by atoms with van der Waals surface area (Å²) in [6.07, 6.45) is 3.91. The Labute approximate surface area is 102 Å². The molecule has 1 heterocycles. The van der Waals surface area contributed by atoms with Gasteiger partial charge in [-0.2, -0.15) is 0 Å². The minimum Gasteiger partial charge on any atom is -0.445 e. The van der Waals surface area contributed by atoms with E-state index in [1.807, 2.05) is 36.4 Å². The van der Waals surface area contributed by atoms with Crippen LogP contribution in [-0.4, -0.2) is 24.1 Å². The minimum atomic E-state index is -0.231. The largest absolute Gasteiger partial charge is 0.445 e. The molecule has 1 aliphatic heterocycles. The van der Waals surface area contributed by atoms with Crippen LogP contribution in [0.1, 0.15) is 12.5 Å². The van der Waals surface area contributed by atoms with Crippen molar-refractivity contribution in [1.29, 1.82) is 0 Å². The van der Waals surface area contributed by atoms with Crippen LogP contribution >= 0.6 is 0 Å². The lowest BCUT2D eigenvalue weighted by atomic mass is 10.1. The number of rotatable bonds is 2. The highest BCUT2D eigenvalue weighted by Gasteiger charge is 2.18. The first kappa shape index (κ1) is 11.7. The van der Waals surface area contributed by atoms with Crippen molar-refractivity contribution in [3.05, 3.63) is 48.0 Å². The average molecular weight is 231 g/mol. The van der Waals surface area contributed by atoms with E-state index in [9.17, 15) is 4.79 Å². The number of hydrogen-bond donors (Lipinski definition) is 0. The average Bonchev–Trinajstić information content (AvgIpc) is 2.37. The van der Waals surface area contributed by atoms with Crippen molar-refractivity contribution in [3.63, 3.8) is 0 Å². The molecule has 1 aromatic carbocycles. The van der Waals surface area contributed by atoms with Crippen LogP contribution in [0.2, 0.25) is 0 Å². The number of amides is 1. The molecule has 0 spiro atoms. The third-order valence-electron chi connectivity index (χ3n) is 2.76. The molecule has 1 aliphatic rings. The summed E-state index contributed by atoms with van der Waals surface area (Å²) >= 11 is 0. The van der Waals surface area contributed by atoms with E-state index in [0.717, 1.165) is 12.1 Å². The fraction of sp³-hybridized carbons (Fsp3) is 0.357. The minimum absolute atomic E-state index is 0.231. The second-order valence-electron chi connectivity index (χ2n) is 4.35. The number of benzene rings is 1. The van der Waals surface area contributed by atoms with Gasteiger partial charge in [0.25, 0.3) is 0 Å². The molecule has 0 N–H and O–H groups in total. The Balaban J connectivity index is 1.84. The van der Waals surface area contributed by atoms with Gasteiger partial charge in [0.15, 0.2) is 0 Å². The molecule has 1 atom stereocenters. The molecule has 2 rings (SSSR count). The quantitative estimate of drug-likeness (QED) is 0.732. The third kappa shape index (κ3) is 3.34. The van der Waals surface area contributed by atoms with Crippen molar-refractivity contribution >= 4 is 6.09 Å². The van der Waals surface area contributed by atoms with Crippen LogP contribution in [0.4, 0.5) is 4.79 Å². The van der Waals surface area contributed by atoms with Gasteiger partial charge in [0.2, 0.25) is 0 Å². The van der Waals surface area contributed by atoms with E-state index in [4.69, 9.17) is 4.74 Å². The van der Waals surface area contributed by atoms with E-state index >= 15 is 0 Å². The zero-order valence-corrected chi connectivity index (χ0v) is 10.0. The zero-order valence-electron chi connectivity index (χ0n) is 10.0. The van der Waals surface area contributed by atoms with Gasteiger partial charge in [-0.3, -0.25) is 0 Å². The number of carbonyl (C=O) groups is 1. The summed E-state index contributed by atoms with van der Waals surface area (Å²) in [5, 5.41) is 0. The molecule has 1 aromatic rings. The molecule has 90 valence electrons. The van der Waals surface area contributed by atoms with Crippen molar-refractivity contribution in [2.24, 2.45) is 5.92 Å². The molecule has 3 heteroatoms. The Hall–Kier alpha value is -1.77. The Morgan fingerprint density at radius 2 is 2.18 bits per heavy atom. The topological polar surface area (TPSA) is 29.5 Å². The van der Waals surface area contributed by atoms with Crippen LogP contribution in [0.3, 0.4) is 0 Å². The van der Waals surface area contributed by atoms with E-state index in [2.05, 4.69) is 13.0 Å². The number of ether oxygens (including phenoxy) is 1. The van der Waals surface area contributed by atoms with Crippen molar-refractivity contribution in [1.82, 2.24) is 4.90 Å². The zero-order chi connectivity index (χ0) is 12.1. The highest BCUT2D eigenvalue weighted by atomic mass is 16.6. The van der Waals surface area contributed by atoms with E-state index < -0.39 is 0 Å². The molecule has 0 saturated carbocycles. The monoisotopic (exact) mass is 231 g/mol. The molecular formula is C14H17NO2. The summed E-state index contributed by atoms with van der Waals surface area (Å²) in [6.45, 7) is 3.82. The second-order valence-corrected chi connectivity index (χ2v) is 4.35. The van der Waals surface area contributed by atoms with Crippen LogP contribution in [0.25, 0.3) is 0 Å². The molecule has 17 heavy (non-hydrogen) atoms. The lowest BCUT2D eigenvalue weighted by molar-refractivity contribution is 0.0956. The molecule has 0 fully saturated rings. The first-order chi connectivity index (χ1) is 8.25. The molecule has 3 nitrogen and oxygen atoms in total. The van der Waals surface area contributed by atoms with Crippen LogP contribution in [-0.2, 0) is 11.3 Å². The standard InChI is InChI=1S/C14H17NO2/c1-12-6-5-9-15(10-12)14(16)17-11-13-7-3-2-4-8-13/h2-8,12H,9-11H2,1H3/t12-/m1/s1. The van der Waals surface area contributed by atoms with Crippen molar-refractivity contribution in [2.45, 2.75) is 13.5 Å². The van der Waals surface area contributed by atoms with Gasteiger partial charge in [-0.15, -0.1) is 0 Å². The Morgan fingerprint density at radius 1 is 1.41 bits per heavy atom. The maximum atomic E-state index is 11.8. The van der Waals surface area contributed by atoms with Crippen molar-refractivity contribution in [3.8, 4) is 0 Å². The summed E-state index contributed by atoms with van der Waals surface area (Å²) < 4.78 is 5.27. The molecule has 0 bridgehead atoms. The summed E-state index contributed by atoms with van der Waals surface area (Å²) in [5.41, 5.74) is 1.02. The number of nitrogens with zero attached hydrogens (tertiary/aromatic N) is 1. The summed E-state index contributed by atoms with van der Waals surface area (Å²) in [7, 11) is 0. The predicted octanol–water partition coefficient (Wildman–Crippen LogP) is 2.83. The Bertz CT molecular complexity index is 400. The first-order valence-electron chi connectivity index (χ1n) is 5.88. The van der Waals surface area contributed by atoms with Gasteiger partial charge in [0.1, 0.15) is 6.61 Å². The van der Waals surface area contributed by atoms with E-state index in [-0.39, 0.29) is 6.09 Å². The number of carbonyl (C=O) groups excluding carboxylic acids is 1. The van der Waals surface area contributed by atoms with E-state index in [1.165, 1.54) is 0 Å². The summed E-state index contributed by atoms with van der Waals surface area (Å²) in [6, 6.07) is 9.73. The molecule has 0 aliphatic carbocycles. The van der Waals surface area contributed by atoms with Gasteiger partial charge < -0.3 is 9.64 Å². The maximum absolute atomic E-state index is 11.8. The van der Waals surface area contributed by atoms with Gasteiger partial charge in [0, 0.05) is 13.1 Å². The van der Waals surface area contributed by atoms with E-state index in [1.54, 1.807) is 4.90 Å². The van der Waals surface area contributed by atoms with Gasteiger partial charge in [-0.1, -0.05) is 49.4 Å². The van der Waals surface area contributed by atoms with Crippen LogP contribution < -0.4 is 0 Å². The highest BCUT2D eigenvalue weighted by Crippen LogP contribution is 2.10. The van der Waals surface area contributed by atoms with Gasteiger partial charge in [-0.05, 0) is 11.5 Å². The lowest BCUT2D eigenvalue weighted by Gasteiger charge is -2.26. The Kier molecular flexibility index (Phi) is 3.81. The van der Waals surface area contributed by atoms with Gasteiger partial charge in [0.05, 0.1) is 0 Å². The normalized spacial score (nSPS) is 19.1. The fourth-order valence-corrected chi connectivity index (χ4v) is 1.86. The van der Waals surface area contributed by atoms with Crippen LogP contribution in [0, 0.1) is 5.92 Å². The predicted molar refractivity (Wildman–Crippen MR) is 66.5 cm³/mol. The lowest BCUT2D eigenvalue weighted by Crippen LogP contribution is -2.37. The summed E-state index contributed by atoms with van der Waals surface area (Å²) in [5.74, 6) is 0.410.